The Morgan fingerprint density at radius 2 is 1.79 bits per heavy atom. The molecule has 0 radical (unpaired) electrons. The fraction of sp³-hybridized carbons (Fsp3) is 0.400. The SMILES string of the molecule is CC(C)c1ccc2c(c1)OC(F)(F)O2. The van der Waals surface area contributed by atoms with Crippen molar-refractivity contribution in [1.29, 1.82) is 0 Å². The van der Waals surface area contributed by atoms with Gasteiger partial charge in [-0.25, -0.2) is 0 Å². The highest BCUT2D eigenvalue weighted by Gasteiger charge is 2.43. The van der Waals surface area contributed by atoms with Gasteiger partial charge in [-0.3, -0.25) is 0 Å². The van der Waals surface area contributed by atoms with Gasteiger partial charge in [0, 0.05) is 0 Å². The molecule has 0 saturated heterocycles. The van der Waals surface area contributed by atoms with E-state index in [1.807, 2.05) is 13.8 Å². The lowest BCUT2D eigenvalue weighted by Gasteiger charge is -2.05. The number of hydrogen-bond acceptors (Lipinski definition) is 2. The van der Waals surface area contributed by atoms with Crippen molar-refractivity contribution < 1.29 is 18.3 Å². The molecule has 2 rings (SSSR count). The van der Waals surface area contributed by atoms with E-state index in [1.165, 1.54) is 6.07 Å². The van der Waals surface area contributed by atoms with E-state index in [0.717, 1.165) is 5.56 Å². The molecule has 1 aliphatic rings. The van der Waals surface area contributed by atoms with Gasteiger partial charge in [0.25, 0.3) is 0 Å². The molecule has 0 aromatic heterocycles. The molecule has 14 heavy (non-hydrogen) atoms. The molecule has 76 valence electrons. The molecule has 2 nitrogen and oxygen atoms in total. The fourth-order valence-corrected chi connectivity index (χ4v) is 1.32. The van der Waals surface area contributed by atoms with Gasteiger partial charge in [-0.2, -0.15) is 0 Å². The van der Waals surface area contributed by atoms with Gasteiger partial charge in [0.15, 0.2) is 11.5 Å². The van der Waals surface area contributed by atoms with Gasteiger partial charge in [-0.15, -0.1) is 8.78 Å². The van der Waals surface area contributed by atoms with Crippen LogP contribution in [0.3, 0.4) is 0 Å². The van der Waals surface area contributed by atoms with Gasteiger partial charge in [-0.1, -0.05) is 19.9 Å². The first kappa shape index (κ1) is 9.24. The van der Waals surface area contributed by atoms with Gasteiger partial charge in [0.2, 0.25) is 0 Å². The molecule has 1 heterocycles. The minimum absolute atomic E-state index is 0.0967. The highest BCUT2D eigenvalue weighted by atomic mass is 19.3. The van der Waals surface area contributed by atoms with Crippen molar-refractivity contribution in [2.24, 2.45) is 0 Å². The predicted molar refractivity (Wildman–Crippen MR) is 46.7 cm³/mol. The summed E-state index contributed by atoms with van der Waals surface area (Å²) in [4.78, 5) is 0. The second kappa shape index (κ2) is 2.83. The first-order chi connectivity index (χ1) is 6.48. The summed E-state index contributed by atoms with van der Waals surface area (Å²) in [6, 6.07) is 4.85. The zero-order valence-electron chi connectivity index (χ0n) is 7.88. The van der Waals surface area contributed by atoms with E-state index in [0.29, 0.717) is 0 Å². The van der Waals surface area contributed by atoms with Crippen LogP contribution in [0.1, 0.15) is 25.3 Å². The van der Waals surface area contributed by atoms with E-state index in [-0.39, 0.29) is 17.4 Å². The van der Waals surface area contributed by atoms with Crippen LogP contribution in [0.4, 0.5) is 8.78 Å². The molecular weight excluding hydrogens is 190 g/mol. The van der Waals surface area contributed by atoms with Crippen LogP contribution < -0.4 is 9.47 Å². The molecule has 1 aromatic carbocycles. The van der Waals surface area contributed by atoms with Crippen LogP contribution in [0, 0.1) is 0 Å². The van der Waals surface area contributed by atoms with Crippen molar-refractivity contribution in [3.63, 3.8) is 0 Å². The Morgan fingerprint density at radius 1 is 1.14 bits per heavy atom. The molecule has 4 heteroatoms. The zero-order chi connectivity index (χ0) is 10.3. The number of hydrogen-bond donors (Lipinski definition) is 0. The second-order valence-electron chi connectivity index (χ2n) is 3.53. The number of halogens is 2. The smallest absolute Gasteiger partial charge is 0.395 e. The topological polar surface area (TPSA) is 18.5 Å². The number of rotatable bonds is 1. The molecule has 0 unspecified atom stereocenters. The van der Waals surface area contributed by atoms with E-state index >= 15 is 0 Å². The third-order valence-corrected chi connectivity index (χ3v) is 2.09. The van der Waals surface area contributed by atoms with Crippen LogP contribution in [-0.2, 0) is 0 Å². The number of alkyl halides is 2. The van der Waals surface area contributed by atoms with Crippen LogP contribution in [-0.4, -0.2) is 6.29 Å². The molecule has 0 aliphatic carbocycles. The van der Waals surface area contributed by atoms with Gasteiger partial charge in [0.1, 0.15) is 0 Å². The van der Waals surface area contributed by atoms with E-state index in [4.69, 9.17) is 0 Å². The number of ether oxygens (including phenoxy) is 2. The molecule has 0 atom stereocenters. The van der Waals surface area contributed by atoms with Gasteiger partial charge >= 0.3 is 6.29 Å². The Hall–Kier alpha value is -1.32. The quantitative estimate of drug-likeness (QED) is 0.693. The Morgan fingerprint density at radius 3 is 2.43 bits per heavy atom. The van der Waals surface area contributed by atoms with Crippen molar-refractivity contribution in [2.75, 3.05) is 0 Å². The molecule has 0 spiro atoms. The highest BCUT2D eigenvalue weighted by Crippen LogP contribution is 2.42. The molecule has 0 amide bonds. The minimum atomic E-state index is -3.52. The van der Waals surface area contributed by atoms with Gasteiger partial charge in [0.05, 0.1) is 0 Å². The molecule has 1 aliphatic heterocycles. The third-order valence-electron chi connectivity index (χ3n) is 2.09. The zero-order valence-corrected chi connectivity index (χ0v) is 7.88. The molecule has 0 bridgehead atoms. The number of benzene rings is 1. The maximum Gasteiger partial charge on any atom is 0.586 e. The Kier molecular flexibility index (Phi) is 1.87. The van der Waals surface area contributed by atoms with Crippen LogP contribution in [0.15, 0.2) is 18.2 Å². The summed E-state index contributed by atoms with van der Waals surface area (Å²) in [6.07, 6.45) is -3.52. The molecule has 0 N–H and O–H groups in total. The van der Waals surface area contributed by atoms with Crippen molar-refractivity contribution in [3.8, 4) is 11.5 Å². The first-order valence-electron chi connectivity index (χ1n) is 4.38. The normalized spacial score (nSPS) is 17.5. The van der Waals surface area contributed by atoms with Crippen LogP contribution >= 0.6 is 0 Å². The minimum Gasteiger partial charge on any atom is -0.395 e. The Bertz CT molecular complexity index is 361. The van der Waals surface area contributed by atoms with Crippen LogP contribution in [0.5, 0.6) is 11.5 Å². The molecule has 0 saturated carbocycles. The summed E-state index contributed by atoms with van der Waals surface area (Å²) < 4.78 is 33.9. The van der Waals surface area contributed by atoms with Crippen LogP contribution in [0.25, 0.3) is 0 Å². The average Bonchev–Trinajstić information content (AvgIpc) is 2.36. The largest absolute Gasteiger partial charge is 0.586 e. The summed E-state index contributed by atoms with van der Waals surface area (Å²) in [5.41, 5.74) is 0.949. The summed E-state index contributed by atoms with van der Waals surface area (Å²) in [6.45, 7) is 3.96. The van der Waals surface area contributed by atoms with Gasteiger partial charge < -0.3 is 9.47 Å². The van der Waals surface area contributed by atoms with E-state index in [9.17, 15) is 8.78 Å². The highest BCUT2D eigenvalue weighted by molar-refractivity contribution is 5.45. The van der Waals surface area contributed by atoms with E-state index < -0.39 is 6.29 Å². The summed E-state index contributed by atoms with van der Waals surface area (Å²) >= 11 is 0. The van der Waals surface area contributed by atoms with Crippen LogP contribution in [0.2, 0.25) is 0 Å². The standard InChI is InChI=1S/C10H10F2O2/c1-6(2)7-3-4-8-9(5-7)14-10(11,12)13-8/h3-6H,1-2H3. The first-order valence-corrected chi connectivity index (χ1v) is 4.38. The van der Waals surface area contributed by atoms with Crippen molar-refractivity contribution in [1.82, 2.24) is 0 Å². The van der Waals surface area contributed by atoms with Crippen molar-refractivity contribution >= 4 is 0 Å². The molecule has 0 fully saturated rings. The monoisotopic (exact) mass is 200 g/mol. The molecule has 1 aromatic rings. The van der Waals surface area contributed by atoms with Crippen molar-refractivity contribution in [2.45, 2.75) is 26.1 Å². The summed E-state index contributed by atoms with van der Waals surface area (Å²) in [7, 11) is 0. The predicted octanol–water partition coefficient (Wildman–Crippen LogP) is 3.13. The van der Waals surface area contributed by atoms with E-state index in [2.05, 4.69) is 9.47 Å². The van der Waals surface area contributed by atoms with E-state index in [1.54, 1.807) is 12.1 Å². The fourth-order valence-electron chi connectivity index (χ4n) is 1.32. The summed E-state index contributed by atoms with van der Waals surface area (Å²) in [5, 5.41) is 0. The lowest BCUT2D eigenvalue weighted by molar-refractivity contribution is -0.286. The third kappa shape index (κ3) is 1.52. The Labute approximate surface area is 80.4 Å². The number of fused-ring (bicyclic) bond motifs is 1. The Balaban J connectivity index is 2.36. The average molecular weight is 200 g/mol. The van der Waals surface area contributed by atoms with Crippen molar-refractivity contribution in [3.05, 3.63) is 23.8 Å². The second-order valence-corrected chi connectivity index (χ2v) is 3.53. The lowest BCUT2D eigenvalue weighted by Crippen LogP contribution is -2.25. The maximum atomic E-state index is 12.6. The summed E-state index contributed by atoms with van der Waals surface area (Å²) in [5.74, 6) is 0.485. The maximum absolute atomic E-state index is 12.6. The van der Waals surface area contributed by atoms with Gasteiger partial charge in [-0.05, 0) is 23.6 Å². The molecular formula is C10H10F2O2. The lowest BCUT2D eigenvalue weighted by atomic mass is 10.0.